The lowest BCUT2D eigenvalue weighted by molar-refractivity contribution is -0.168. The first kappa shape index (κ1) is 20.5. The van der Waals surface area contributed by atoms with Crippen molar-refractivity contribution in [2.45, 2.75) is 42.9 Å². The van der Waals surface area contributed by atoms with Gasteiger partial charge in [0, 0.05) is 19.0 Å². The fraction of sp³-hybridized carbons (Fsp3) is 0.556. The van der Waals surface area contributed by atoms with Gasteiger partial charge in [0.1, 0.15) is 0 Å². The van der Waals surface area contributed by atoms with Gasteiger partial charge in [-0.15, -0.1) is 0 Å². The van der Waals surface area contributed by atoms with Crippen LogP contribution in [0.5, 0.6) is 0 Å². The Bertz CT molecular complexity index is 727. The third-order valence-electron chi connectivity index (χ3n) is 4.62. The molecule has 1 aliphatic carbocycles. The highest BCUT2D eigenvalue weighted by atomic mass is 35.5. The quantitative estimate of drug-likeness (QED) is 0.303. The van der Waals surface area contributed by atoms with Gasteiger partial charge in [0.15, 0.2) is 9.75 Å². The van der Waals surface area contributed by atoms with E-state index in [0.717, 1.165) is 11.1 Å². The predicted octanol–water partition coefficient (Wildman–Crippen LogP) is 3.23. The number of pyridine rings is 1. The lowest BCUT2D eigenvalue weighted by atomic mass is 9.85. The zero-order valence-electron chi connectivity index (χ0n) is 14.7. The summed E-state index contributed by atoms with van der Waals surface area (Å²) in [5.74, 6) is -1.27. The van der Waals surface area contributed by atoms with Crippen LogP contribution in [0.4, 0.5) is 0 Å². The van der Waals surface area contributed by atoms with Crippen LogP contribution in [0.15, 0.2) is 12.3 Å². The fourth-order valence-electron chi connectivity index (χ4n) is 3.20. The molecule has 0 radical (unpaired) electrons. The Labute approximate surface area is 162 Å². The summed E-state index contributed by atoms with van der Waals surface area (Å²) >= 11 is 12.9. The molecule has 0 spiro atoms. The number of fused-ring (bicyclic) bond motifs is 1. The number of hydrogen-bond donors (Lipinski definition) is 0. The van der Waals surface area contributed by atoms with Crippen molar-refractivity contribution in [1.29, 1.82) is 5.26 Å². The standard InChI is InChI=1S/C18H20Cl2N2O4/c1-25-15(23)17(16(24)26-2)9-12-8-14(22-11-13(12)10-17)18(19,20)6-4-3-5-7-21/h8,11H,3-6,9-10H2,1-2H3. The Morgan fingerprint density at radius 1 is 1.23 bits per heavy atom. The molecule has 0 amide bonds. The molecular weight excluding hydrogens is 379 g/mol. The molecule has 0 aromatic carbocycles. The molecule has 0 fully saturated rings. The minimum atomic E-state index is -1.40. The summed E-state index contributed by atoms with van der Waals surface area (Å²) < 4.78 is 8.45. The van der Waals surface area contributed by atoms with E-state index in [0.29, 0.717) is 31.4 Å². The number of methoxy groups -OCH3 is 2. The monoisotopic (exact) mass is 398 g/mol. The Kier molecular flexibility index (Phi) is 6.48. The van der Waals surface area contributed by atoms with Gasteiger partial charge in [0.05, 0.1) is 26.0 Å². The number of halogens is 2. The van der Waals surface area contributed by atoms with Gasteiger partial charge in [0.25, 0.3) is 0 Å². The van der Waals surface area contributed by atoms with Crippen LogP contribution in [0.1, 0.15) is 42.5 Å². The van der Waals surface area contributed by atoms with E-state index in [1.54, 1.807) is 12.3 Å². The Balaban J connectivity index is 2.25. The summed E-state index contributed by atoms with van der Waals surface area (Å²) in [7, 11) is 2.48. The second-order valence-electron chi connectivity index (χ2n) is 6.33. The fourth-order valence-corrected chi connectivity index (χ4v) is 3.68. The number of rotatable bonds is 7. The molecule has 1 aliphatic rings. The van der Waals surface area contributed by atoms with Crippen LogP contribution in [0.25, 0.3) is 0 Å². The number of unbranched alkanes of at least 4 members (excludes halogenated alkanes) is 2. The molecule has 6 nitrogen and oxygen atoms in total. The van der Waals surface area contributed by atoms with Crippen LogP contribution < -0.4 is 0 Å². The number of carbonyl (C=O) groups excluding carboxylic acids is 2. The van der Waals surface area contributed by atoms with Crippen molar-refractivity contribution in [2.75, 3.05) is 14.2 Å². The first-order valence-corrected chi connectivity index (χ1v) is 8.96. The van der Waals surface area contributed by atoms with Crippen molar-refractivity contribution in [2.24, 2.45) is 5.41 Å². The van der Waals surface area contributed by atoms with Gasteiger partial charge in [-0.1, -0.05) is 23.2 Å². The first-order chi connectivity index (χ1) is 12.3. The molecular formula is C18H20Cl2N2O4. The van der Waals surface area contributed by atoms with Gasteiger partial charge >= 0.3 is 11.9 Å². The molecule has 26 heavy (non-hydrogen) atoms. The molecule has 2 rings (SSSR count). The number of esters is 2. The van der Waals surface area contributed by atoms with Gasteiger partial charge in [-0.3, -0.25) is 14.6 Å². The smallest absolute Gasteiger partial charge is 0.323 e. The number of nitriles is 1. The van der Waals surface area contributed by atoms with Gasteiger partial charge in [-0.25, -0.2) is 0 Å². The van der Waals surface area contributed by atoms with Crippen molar-refractivity contribution in [3.05, 3.63) is 29.1 Å². The summed E-state index contributed by atoms with van der Waals surface area (Å²) in [4.78, 5) is 28.9. The summed E-state index contributed by atoms with van der Waals surface area (Å²) in [6, 6.07) is 3.81. The summed E-state index contributed by atoms with van der Waals surface area (Å²) in [5, 5.41) is 8.59. The highest BCUT2D eigenvalue weighted by Crippen LogP contribution is 2.43. The highest BCUT2D eigenvalue weighted by Gasteiger charge is 2.53. The van der Waals surface area contributed by atoms with Crippen LogP contribution in [0.2, 0.25) is 0 Å². The molecule has 0 atom stereocenters. The Morgan fingerprint density at radius 3 is 2.42 bits per heavy atom. The van der Waals surface area contributed by atoms with E-state index in [-0.39, 0.29) is 12.8 Å². The average molecular weight is 399 g/mol. The molecule has 0 saturated heterocycles. The first-order valence-electron chi connectivity index (χ1n) is 8.20. The summed E-state index contributed by atoms with van der Waals surface area (Å²) in [6.07, 6.45) is 4.19. The van der Waals surface area contributed by atoms with E-state index in [2.05, 4.69) is 11.1 Å². The maximum atomic E-state index is 12.3. The van der Waals surface area contributed by atoms with E-state index < -0.39 is 21.7 Å². The second kappa shape index (κ2) is 8.24. The zero-order valence-corrected chi connectivity index (χ0v) is 16.2. The molecule has 0 saturated carbocycles. The topological polar surface area (TPSA) is 89.3 Å². The van der Waals surface area contributed by atoms with Crippen molar-refractivity contribution < 1.29 is 19.1 Å². The minimum absolute atomic E-state index is 0.148. The van der Waals surface area contributed by atoms with E-state index in [1.165, 1.54) is 14.2 Å². The van der Waals surface area contributed by atoms with Crippen LogP contribution in [-0.4, -0.2) is 31.1 Å². The minimum Gasteiger partial charge on any atom is -0.468 e. The lowest BCUT2D eigenvalue weighted by Crippen LogP contribution is -2.42. The third-order valence-corrected chi connectivity index (χ3v) is 5.39. The number of hydrogen-bond acceptors (Lipinski definition) is 6. The van der Waals surface area contributed by atoms with E-state index in [1.807, 2.05) is 0 Å². The molecule has 140 valence electrons. The van der Waals surface area contributed by atoms with Crippen molar-refractivity contribution in [3.63, 3.8) is 0 Å². The molecule has 1 heterocycles. The Morgan fingerprint density at radius 2 is 1.85 bits per heavy atom. The maximum Gasteiger partial charge on any atom is 0.323 e. The normalized spacial score (nSPS) is 15.0. The predicted molar refractivity (Wildman–Crippen MR) is 95.6 cm³/mol. The van der Waals surface area contributed by atoms with E-state index in [9.17, 15) is 9.59 Å². The lowest BCUT2D eigenvalue weighted by Gasteiger charge is -2.22. The number of nitrogens with zero attached hydrogens (tertiary/aromatic N) is 2. The molecule has 0 aliphatic heterocycles. The van der Waals surface area contributed by atoms with Crippen molar-refractivity contribution in [1.82, 2.24) is 4.98 Å². The van der Waals surface area contributed by atoms with Crippen LogP contribution in [-0.2, 0) is 36.2 Å². The molecule has 8 heteroatoms. The van der Waals surface area contributed by atoms with Gasteiger partial charge in [-0.05, 0) is 42.9 Å². The zero-order chi connectivity index (χ0) is 19.4. The van der Waals surface area contributed by atoms with Crippen LogP contribution in [0.3, 0.4) is 0 Å². The van der Waals surface area contributed by atoms with Gasteiger partial charge < -0.3 is 9.47 Å². The van der Waals surface area contributed by atoms with Gasteiger partial charge in [0.2, 0.25) is 0 Å². The molecule has 0 N–H and O–H groups in total. The summed E-state index contributed by atoms with van der Waals surface area (Å²) in [6.45, 7) is 0. The van der Waals surface area contributed by atoms with E-state index >= 15 is 0 Å². The number of alkyl halides is 2. The largest absolute Gasteiger partial charge is 0.468 e. The van der Waals surface area contributed by atoms with Crippen LogP contribution in [0, 0.1) is 16.7 Å². The molecule has 1 aromatic heterocycles. The number of carbonyl (C=O) groups is 2. The second-order valence-corrected chi connectivity index (χ2v) is 7.81. The number of aromatic nitrogens is 1. The molecule has 0 unspecified atom stereocenters. The SMILES string of the molecule is COC(=O)C1(C(=O)OC)Cc2cnc(C(Cl)(Cl)CCCCC#N)cc2C1. The molecule has 1 aromatic rings. The third kappa shape index (κ3) is 3.94. The molecule has 0 bridgehead atoms. The highest BCUT2D eigenvalue weighted by molar-refractivity contribution is 6.47. The number of ether oxygens (including phenoxy) is 2. The van der Waals surface area contributed by atoms with Crippen molar-refractivity contribution >= 4 is 35.1 Å². The van der Waals surface area contributed by atoms with E-state index in [4.69, 9.17) is 37.9 Å². The Hall–Kier alpha value is -1.84. The van der Waals surface area contributed by atoms with Gasteiger partial charge in [-0.2, -0.15) is 5.26 Å². The average Bonchev–Trinajstić information content (AvgIpc) is 3.03. The van der Waals surface area contributed by atoms with Crippen molar-refractivity contribution in [3.8, 4) is 6.07 Å². The van der Waals surface area contributed by atoms with Crippen LogP contribution >= 0.6 is 23.2 Å². The summed E-state index contributed by atoms with van der Waals surface area (Å²) in [5.41, 5.74) is 0.592. The maximum absolute atomic E-state index is 12.3.